The van der Waals surface area contributed by atoms with Crippen LogP contribution in [0, 0.1) is 5.82 Å². The highest BCUT2D eigenvalue weighted by Crippen LogP contribution is 2.26. The fraction of sp³-hybridized carbons (Fsp3) is 0.312. The molecule has 0 radical (unpaired) electrons. The molecule has 0 aliphatic carbocycles. The highest BCUT2D eigenvalue weighted by atomic mass is 32.1. The van der Waals surface area contributed by atoms with Gasteiger partial charge < -0.3 is 10.6 Å². The number of carbonyl (C=O) groups is 1. The van der Waals surface area contributed by atoms with E-state index in [9.17, 15) is 9.18 Å². The number of hydrogen-bond donors (Lipinski definition) is 2. The summed E-state index contributed by atoms with van der Waals surface area (Å²) >= 11 is 1.39. The number of fused-ring (bicyclic) bond motifs is 1. The average molecular weight is 304 g/mol. The maximum absolute atomic E-state index is 14.5. The van der Waals surface area contributed by atoms with Crippen LogP contribution in [0.2, 0.25) is 0 Å². The number of halogens is 1. The van der Waals surface area contributed by atoms with Gasteiger partial charge in [-0.3, -0.25) is 4.79 Å². The number of benzene rings is 1. The Balaban J connectivity index is 1.87. The lowest BCUT2D eigenvalue weighted by molar-refractivity contribution is 0.102. The third-order valence-electron chi connectivity index (χ3n) is 3.79. The van der Waals surface area contributed by atoms with E-state index < -0.39 is 0 Å². The van der Waals surface area contributed by atoms with E-state index in [1.807, 2.05) is 24.4 Å². The topological polar surface area (TPSA) is 41.1 Å². The summed E-state index contributed by atoms with van der Waals surface area (Å²) in [6, 6.07) is 5.47. The number of thiophene rings is 1. The van der Waals surface area contributed by atoms with Crippen molar-refractivity contribution in [2.75, 3.05) is 11.9 Å². The number of anilines is 1. The summed E-state index contributed by atoms with van der Waals surface area (Å²) in [4.78, 5) is 13.0. The van der Waals surface area contributed by atoms with Gasteiger partial charge in [0.2, 0.25) is 0 Å². The lowest BCUT2D eigenvalue weighted by Crippen LogP contribution is -2.25. The summed E-state index contributed by atoms with van der Waals surface area (Å²) in [5.41, 5.74) is 2.96. The monoisotopic (exact) mass is 304 g/mol. The maximum atomic E-state index is 14.5. The van der Waals surface area contributed by atoms with Crippen molar-refractivity contribution in [3.05, 3.63) is 51.0 Å². The van der Waals surface area contributed by atoms with Crippen molar-refractivity contribution < 1.29 is 9.18 Å². The Kier molecular flexibility index (Phi) is 4.03. The van der Waals surface area contributed by atoms with Crippen LogP contribution in [0.5, 0.6) is 0 Å². The lowest BCUT2D eigenvalue weighted by atomic mass is 9.99. The fourth-order valence-corrected chi connectivity index (χ4v) is 3.51. The van der Waals surface area contributed by atoms with Crippen LogP contribution in [-0.4, -0.2) is 12.5 Å². The molecule has 0 saturated heterocycles. The highest BCUT2D eigenvalue weighted by Gasteiger charge is 2.19. The number of rotatable bonds is 3. The molecule has 0 fully saturated rings. The molecule has 2 N–H and O–H groups in total. The Morgan fingerprint density at radius 2 is 2.29 bits per heavy atom. The van der Waals surface area contributed by atoms with Gasteiger partial charge in [0.25, 0.3) is 5.91 Å². The summed E-state index contributed by atoms with van der Waals surface area (Å²) in [7, 11) is 0. The first-order chi connectivity index (χ1) is 10.2. The number of aryl methyl sites for hydroxylation is 1. The highest BCUT2D eigenvalue weighted by molar-refractivity contribution is 7.12. The lowest BCUT2D eigenvalue weighted by Gasteiger charge is -2.19. The van der Waals surface area contributed by atoms with Crippen molar-refractivity contribution in [2.24, 2.45) is 0 Å². The minimum atomic E-state index is -0.294. The Morgan fingerprint density at radius 1 is 1.43 bits per heavy atom. The van der Waals surface area contributed by atoms with Crippen molar-refractivity contribution in [3.8, 4) is 0 Å². The molecule has 1 aliphatic heterocycles. The number of carbonyl (C=O) groups excluding carboxylic acids is 1. The van der Waals surface area contributed by atoms with Crippen LogP contribution in [0.25, 0.3) is 0 Å². The minimum absolute atomic E-state index is 0.227. The van der Waals surface area contributed by atoms with E-state index >= 15 is 0 Å². The minimum Gasteiger partial charge on any atom is -0.319 e. The van der Waals surface area contributed by atoms with Crippen LogP contribution >= 0.6 is 11.3 Å². The van der Waals surface area contributed by atoms with Crippen molar-refractivity contribution in [2.45, 2.75) is 26.3 Å². The maximum Gasteiger partial charge on any atom is 0.266 e. The van der Waals surface area contributed by atoms with Gasteiger partial charge in [-0.1, -0.05) is 13.0 Å². The molecule has 0 bridgehead atoms. The summed E-state index contributed by atoms with van der Waals surface area (Å²) in [5.74, 6) is -0.522. The summed E-state index contributed by atoms with van der Waals surface area (Å²) in [6.45, 7) is 3.46. The van der Waals surface area contributed by atoms with Gasteiger partial charge in [-0.2, -0.15) is 0 Å². The molecule has 5 heteroatoms. The predicted molar refractivity (Wildman–Crippen MR) is 83.5 cm³/mol. The second kappa shape index (κ2) is 5.95. The zero-order valence-corrected chi connectivity index (χ0v) is 12.6. The molecule has 3 rings (SSSR count). The summed E-state index contributed by atoms with van der Waals surface area (Å²) in [5, 5.41) is 7.82. The van der Waals surface area contributed by atoms with E-state index in [0.717, 1.165) is 24.1 Å². The predicted octanol–water partition coefficient (Wildman–Crippen LogP) is 3.35. The van der Waals surface area contributed by atoms with Crippen LogP contribution in [0.1, 0.15) is 33.3 Å². The van der Waals surface area contributed by atoms with Gasteiger partial charge in [0, 0.05) is 6.54 Å². The molecule has 3 nitrogen and oxygen atoms in total. The van der Waals surface area contributed by atoms with E-state index in [1.54, 1.807) is 6.07 Å². The number of hydrogen-bond acceptors (Lipinski definition) is 3. The second-order valence-electron chi connectivity index (χ2n) is 5.07. The van der Waals surface area contributed by atoms with E-state index in [4.69, 9.17) is 0 Å². The third kappa shape index (κ3) is 2.71. The normalized spacial score (nSPS) is 13.8. The average Bonchev–Trinajstić information content (AvgIpc) is 2.99. The second-order valence-corrected chi connectivity index (χ2v) is 5.99. The quantitative estimate of drug-likeness (QED) is 0.913. The fourth-order valence-electron chi connectivity index (χ4n) is 2.62. The molecule has 1 aromatic heterocycles. The van der Waals surface area contributed by atoms with Crippen LogP contribution in [-0.2, 0) is 19.4 Å². The Bertz CT molecular complexity index is 681. The first-order valence-electron chi connectivity index (χ1n) is 7.09. The van der Waals surface area contributed by atoms with Gasteiger partial charge >= 0.3 is 0 Å². The molecule has 21 heavy (non-hydrogen) atoms. The van der Waals surface area contributed by atoms with Crippen LogP contribution in [0.3, 0.4) is 0 Å². The van der Waals surface area contributed by atoms with Crippen molar-refractivity contribution >= 4 is 22.9 Å². The van der Waals surface area contributed by atoms with Crippen molar-refractivity contribution in [1.82, 2.24) is 5.32 Å². The molecule has 2 heterocycles. The molecule has 0 unspecified atom stereocenters. The Hall–Kier alpha value is -1.72. The smallest absolute Gasteiger partial charge is 0.266 e. The van der Waals surface area contributed by atoms with Gasteiger partial charge in [-0.05, 0) is 53.6 Å². The summed E-state index contributed by atoms with van der Waals surface area (Å²) in [6.07, 6.45) is 1.45. The number of nitrogens with one attached hydrogen (secondary N) is 2. The molecule has 110 valence electrons. The molecule has 2 aromatic rings. The van der Waals surface area contributed by atoms with Gasteiger partial charge in [-0.15, -0.1) is 11.3 Å². The largest absolute Gasteiger partial charge is 0.319 e. The molecule has 1 aliphatic rings. The standard InChI is InChI=1S/C16H17FN2OS/c1-2-10-6-8-21-15(10)16(20)19-13-4-3-11-9-18-7-5-12(11)14(13)17/h3-4,6,8,18H,2,5,7,9H2,1H3,(H,19,20). The van der Waals surface area contributed by atoms with Gasteiger partial charge in [0.15, 0.2) is 0 Å². The van der Waals surface area contributed by atoms with E-state index in [0.29, 0.717) is 23.4 Å². The van der Waals surface area contributed by atoms with Crippen molar-refractivity contribution in [1.29, 1.82) is 0 Å². The molecule has 0 saturated carbocycles. The van der Waals surface area contributed by atoms with Gasteiger partial charge in [0.05, 0.1) is 10.6 Å². The van der Waals surface area contributed by atoms with Crippen LogP contribution in [0.15, 0.2) is 23.6 Å². The number of amides is 1. The summed E-state index contributed by atoms with van der Waals surface area (Å²) < 4.78 is 14.5. The van der Waals surface area contributed by atoms with Gasteiger partial charge in [0.1, 0.15) is 5.82 Å². The zero-order chi connectivity index (χ0) is 14.8. The van der Waals surface area contributed by atoms with Crippen molar-refractivity contribution in [3.63, 3.8) is 0 Å². The molecule has 1 aromatic carbocycles. The first-order valence-corrected chi connectivity index (χ1v) is 7.97. The van der Waals surface area contributed by atoms with Crippen LogP contribution in [0.4, 0.5) is 10.1 Å². The van der Waals surface area contributed by atoms with Gasteiger partial charge in [-0.25, -0.2) is 4.39 Å². The van der Waals surface area contributed by atoms with Crippen LogP contribution < -0.4 is 10.6 Å². The van der Waals surface area contributed by atoms with E-state index in [-0.39, 0.29) is 17.4 Å². The van der Waals surface area contributed by atoms with E-state index in [2.05, 4.69) is 10.6 Å². The molecule has 0 spiro atoms. The first kappa shape index (κ1) is 14.2. The SMILES string of the molecule is CCc1ccsc1C(=O)Nc1ccc2c(c1F)CCNC2. The molecule has 0 atom stereocenters. The van der Waals surface area contributed by atoms with E-state index in [1.165, 1.54) is 11.3 Å². The third-order valence-corrected chi connectivity index (χ3v) is 4.74. The Labute approximate surface area is 127 Å². The molecule has 1 amide bonds. The Morgan fingerprint density at radius 3 is 3.10 bits per heavy atom. The molecular weight excluding hydrogens is 287 g/mol. The molecular formula is C16H17FN2OS. The zero-order valence-electron chi connectivity index (χ0n) is 11.8.